The number of hydrazine groups is 1. The lowest BCUT2D eigenvalue weighted by molar-refractivity contribution is 0.0272. The smallest absolute Gasteiger partial charge is 0.262 e. The van der Waals surface area contributed by atoms with Crippen molar-refractivity contribution in [2.45, 2.75) is 29.6 Å². The van der Waals surface area contributed by atoms with Crippen molar-refractivity contribution >= 4 is 21.4 Å². The van der Waals surface area contributed by atoms with Crippen LogP contribution in [0.4, 0.5) is 0 Å². The highest BCUT2D eigenvalue weighted by Crippen LogP contribution is 2.24. The molecule has 0 amide bonds. The highest BCUT2D eigenvalue weighted by molar-refractivity contribution is 7.91. The van der Waals surface area contributed by atoms with E-state index < -0.39 is 10.0 Å². The fraction of sp³-hybridized carbons (Fsp3) is 0.667. The molecule has 0 aromatic carbocycles. The maximum Gasteiger partial charge on any atom is 0.262 e. The average Bonchev–Trinajstić information content (AvgIpc) is 3.13. The van der Waals surface area contributed by atoms with Crippen molar-refractivity contribution in [1.29, 1.82) is 0 Å². The molecule has 112 valence electrons. The summed E-state index contributed by atoms with van der Waals surface area (Å²) in [5.41, 5.74) is 0. The van der Waals surface area contributed by atoms with E-state index in [0.29, 0.717) is 36.6 Å². The highest BCUT2D eigenvalue weighted by atomic mass is 32.2. The van der Waals surface area contributed by atoms with Gasteiger partial charge in [0.05, 0.1) is 13.2 Å². The van der Waals surface area contributed by atoms with Gasteiger partial charge in [0.25, 0.3) is 10.0 Å². The topological polar surface area (TPSA) is 70.7 Å². The van der Waals surface area contributed by atoms with E-state index in [2.05, 4.69) is 10.1 Å². The second-order valence-corrected chi connectivity index (χ2v) is 8.13. The summed E-state index contributed by atoms with van der Waals surface area (Å²) in [6.45, 7) is 3.04. The summed E-state index contributed by atoms with van der Waals surface area (Å²) in [4.78, 5) is 3.67. The zero-order chi connectivity index (χ0) is 14.0. The standard InChI is InChI=1S/C12H19N3O3S2/c16-20(17,14-15-5-7-18-8-6-15)12-4-3-11(19-12)9-13-10-1-2-10/h3-4,10,13-14H,1-2,5-9H2. The lowest BCUT2D eigenvalue weighted by Gasteiger charge is -2.26. The molecule has 1 aliphatic carbocycles. The predicted molar refractivity (Wildman–Crippen MR) is 76.9 cm³/mol. The Morgan fingerprint density at radius 2 is 2.05 bits per heavy atom. The van der Waals surface area contributed by atoms with Gasteiger partial charge in [-0.1, -0.05) is 0 Å². The van der Waals surface area contributed by atoms with E-state index in [1.54, 1.807) is 11.1 Å². The minimum absolute atomic E-state index is 0.372. The van der Waals surface area contributed by atoms with Crippen LogP contribution in [0.2, 0.25) is 0 Å². The molecule has 2 fully saturated rings. The third kappa shape index (κ3) is 3.78. The van der Waals surface area contributed by atoms with Crippen LogP contribution in [0.15, 0.2) is 16.3 Å². The Kier molecular flexibility index (Phi) is 4.39. The Labute approximate surface area is 123 Å². The predicted octanol–water partition coefficient (Wildman–Crippen LogP) is 0.526. The highest BCUT2D eigenvalue weighted by Gasteiger charge is 2.23. The van der Waals surface area contributed by atoms with Crippen molar-refractivity contribution in [2.75, 3.05) is 26.3 Å². The maximum atomic E-state index is 12.3. The van der Waals surface area contributed by atoms with Gasteiger partial charge >= 0.3 is 0 Å². The molecule has 3 rings (SSSR count). The molecule has 1 saturated carbocycles. The Hall–Kier alpha value is -0.510. The molecule has 2 heterocycles. The number of nitrogens with one attached hydrogen (secondary N) is 2. The quantitative estimate of drug-likeness (QED) is 0.801. The van der Waals surface area contributed by atoms with Crippen LogP contribution in [0.5, 0.6) is 0 Å². The second-order valence-electron chi connectivity index (χ2n) is 5.07. The molecule has 20 heavy (non-hydrogen) atoms. The fourth-order valence-electron chi connectivity index (χ4n) is 2.00. The summed E-state index contributed by atoms with van der Waals surface area (Å²) < 4.78 is 30.1. The largest absolute Gasteiger partial charge is 0.379 e. The molecule has 0 spiro atoms. The zero-order valence-corrected chi connectivity index (χ0v) is 12.8. The van der Waals surface area contributed by atoms with Crippen molar-refractivity contribution in [2.24, 2.45) is 0 Å². The number of morpholine rings is 1. The Bertz CT molecular complexity index is 548. The van der Waals surface area contributed by atoms with Gasteiger partial charge in [-0.25, -0.2) is 13.4 Å². The first kappa shape index (κ1) is 14.4. The van der Waals surface area contributed by atoms with Crippen molar-refractivity contribution in [3.8, 4) is 0 Å². The van der Waals surface area contributed by atoms with E-state index in [-0.39, 0.29) is 0 Å². The van der Waals surface area contributed by atoms with Gasteiger partial charge in [-0.3, -0.25) is 0 Å². The number of sulfonamides is 1. The molecule has 1 aromatic rings. The molecule has 1 aliphatic heterocycles. The molecule has 8 heteroatoms. The normalized spacial score (nSPS) is 21.2. The fourth-order valence-corrected chi connectivity index (χ4v) is 4.42. The molecular weight excluding hydrogens is 298 g/mol. The first-order chi connectivity index (χ1) is 9.63. The molecule has 2 aliphatic rings. The van der Waals surface area contributed by atoms with Gasteiger partial charge in [0, 0.05) is 30.6 Å². The molecule has 2 N–H and O–H groups in total. The number of thiophene rings is 1. The van der Waals surface area contributed by atoms with Crippen molar-refractivity contribution in [1.82, 2.24) is 15.2 Å². The number of rotatable bonds is 6. The zero-order valence-electron chi connectivity index (χ0n) is 11.2. The summed E-state index contributed by atoms with van der Waals surface area (Å²) in [5.74, 6) is 0. The molecule has 1 saturated heterocycles. The summed E-state index contributed by atoms with van der Waals surface area (Å²) in [6.07, 6.45) is 2.46. The first-order valence-corrected chi connectivity index (χ1v) is 9.11. The summed E-state index contributed by atoms with van der Waals surface area (Å²) in [6, 6.07) is 4.19. The molecule has 0 radical (unpaired) electrons. The third-order valence-electron chi connectivity index (χ3n) is 3.30. The van der Waals surface area contributed by atoms with Gasteiger partial charge in [-0.2, -0.15) is 0 Å². The average molecular weight is 317 g/mol. The van der Waals surface area contributed by atoms with E-state index in [1.807, 2.05) is 6.07 Å². The molecule has 0 atom stereocenters. The van der Waals surface area contributed by atoms with Crippen LogP contribution >= 0.6 is 11.3 Å². The van der Waals surface area contributed by atoms with Crippen LogP contribution in [0.1, 0.15) is 17.7 Å². The summed E-state index contributed by atoms with van der Waals surface area (Å²) in [5, 5.41) is 5.08. The van der Waals surface area contributed by atoms with E-state index in [0.717, 1.165) is 11.4 Å². The molecule has 0 bridgehead atoms. The minimum atomic E-state index is -3.45. The van der Waals surface area contributed by atoms with Gasteiger partial charge in [0.2, 0.25) is 0 Å². The van der Waals surface area contributed by atoms with Crippen LogP contribution in [-0.4, -0.2) is 45.8 Å². The maximum absolute atomic E-state index is 12.3. The van der Waals surface area contributed by atoms with Gasteiger partial charge in [0.1, 0.15) is 4.21 Å². The van der Waals surface area contributed by atoms with Crippen LogP contribution in [0, 0.1) is 0 Å². The van der Waals surface area contributed by atoms with E-state index in [4.69, 9.17) is 4.74 Å². The van der Waals surface area contributed by atoms with Crippen LogP contribution in [0.3, 0.4) is 0 Å². The number of ether oxygens (including phenoxy) is 1. The van der Waals surface area contributed by atoms with E-state index in [1.165, 1.54) is 24.2 Å². The Morgan fingerprint density at radius 3 is 2.75 bits per heavy atom. The van der Waals surface area contributed by atoms with Crippen LogP contribution < -0.4 is 10.1 Å². The summed E-state index contributed by atoms with van der Waals surface area (Å²) in [7, 11) is -3.45. The third-order valence-corrected chi connectivity index (χ3v) is 6.26. The van der Waals surface area contributed by atoms with Crippen LogP contribution in [-0.2, 0) is 21.3 Å². The van der Waals surface area contributed by atoms with E-state index in [9.17, 15) is 8.42 Å². The first-order valence-electron chi connectivity index (χ1n) is 6.81. The SMILES string of the molecule is O=S(=O)(NN1CCOCC1)c1ccc(CNC2CC2)s1. The molecule has 6 nitrogen and oxygen atoms in total. The van der Waals surface area contributed by atoms with Gasteiger partial charge in [-0.05, 0) is 25.0 Å². The van der Waals surface area contributed by atoms with Crippen molar-refractivity contribution in [3.63, 3.8) is 0 Å². The Balaban J connectivity index is 1.60. The number of hydrogen-bond donors (Lipinski definition) is 2. The van der Waals surface area contributed by atoms with Crippen LogP contribution in [0.25, 0.3) is 0 Å². The van der Waals surface area contributed by atoms with Gasteiger partial charge in [-0.15, -0.1) is 16.2 Å². The van der Waals surface area contributed by atoms with E-state index >= 15 is 0 Å². The molecular formula is C12H19N3O3S2. The number of nitrogens with zero attached hydrogens (tertiary/aromatic N) is 1. The second kappa shape index (κ2) is 6.08. The van der Waals surface area contributed by atoms with Crippen molar-refractivity contribution < 1.29 is 13.2 Å². The van der Waals surface area contributed by atoms with Crippen molar-refractivity contribution in [3.05, 3.63) is 17.0 Å². The Morgan fingerprint density at radius 1 is 1.30 bits per heavy atom. The van der Waals surface area contributed by atoms with Gasteiger partial charge in [0.15, 0.2) is 0 Å². The lowest BCUT2D eigenvalue weighted by atomic mass is 10.4. The lowest BCUT2D eigenvalue weighted by Crippen LogP contribution is -2.48. The van der Waals surface area contributed by atoms with Gasteiger partial charge < -0.3 is 10.1 Å². The molecule has 0 unspecified atom stereocenters. The monoisotopic (exact) mass is 317 g/mol. The number of hydrogen-bond acceptors (Lipinski definition) is 6. The molecule has 1 aromatic heterocycles. The minimum Gasteiger partial charge on any atom is -0.379 e. The summed E-state index contributed by atoms with van der Waals surface area (Å²) >= 11 is 1.33.